The van der Waals surface area contributed by atoms with Crippen molar-refractivity contribution in [2.24, 2.45) is 0 Å². The Morgan fingerprint density at radius 3 is 1.00 bits per heavy atom. The minimum absolute atomic E-state index is 0.0417. The van der Waals surface area contributed by atoms with Crippen LogP contribution in [0, 0.1) is 0 Å². The van der Waals surface area contributed by atoms with Gasteiger partial charge in [-0.1, -0.05) is 0 Å². The van der Waals surface area contributed by atoms with Crippen molar-refractivity contribution in [3.63, 3.8) is 0 Å². The molecule has 0 amide bonds. The lowest BCUT2D eigenvalue weighted by Crippen LogP contribution is -2.05. The molecule has 84 valence electrons. The number of rotatable bonds is 0. The van der Waals surface area contributed by atoms with Crippen molar-refractivity contribution < 1.29 is 17.6 Å². The molecular weight excluding hydrogens is 220 g/mol. The van der Waals surface area contributed by atoms with Crippen molar-refractivity contribution in [3.8, 4) is 0 Å². The molecule has 6 N–H and O–H groups in total. The van der Waals surface area contributed by atoms with Crippen molar-refractivity contribution in [1.82, 2.24) is 15.0 Å². The third kappa shape index (κ3) is 6.01. The maximum Gasteiger partial charge on any atom is 0.334 e. The second-order valence-corrected chi connectivity index (χ2v) is 1.93. The summed E-state index contributed by atoms with van der Waals surface area (Å²) in [5.74, 6) is 0.125. The molecular formula is C5H6F4N6. The molecule has 0 saturated carbocycles. The Morgan fingerprint density at radius 2 is 0.867 bits per heavy atom. The second kappa shape index (κ2) is 5.57. The Labute approximate surface area is 80.8 Å². The Morgan fingerprint density at radius 1 is 0.667 bits per heavy atom. The summed E-state index contributed by atoms with van der Waals surface area (Å²) < 4.78 is 41.1. The van der Waals surface area contributed by atoms with E-state index in [0.717, 1.165) is 0 Å². The van der Waals surface area contributed by atoms with E-state index in [1.54, 1.807) is 0 Å². The number of nitrogens with zero attached hydrogens (tertiary/aromatic N) is 3. The standard InChI is InChI=1S/C3H6N6.C2F4/c4-1-7-2(5)9-3(6)8-1;3-1(4)2(5)6/h(H6,4,5,6,7,8,9);. The highest BCUT2D eigenvalue weighted by Crippen LogP contribution is 2.08. The lowest BCUT2D eigenvalue weighted by Gasteiger charge is -1.93. The molecule has 1 aromatic rings. The number of nitrogens with two attached hydrogens (primary N) is 3. The number of anilines is 3. The summed E-state index contributed by atoms with van der Waals surface area (Å²) in [6, 6.07) is 0. The molecule has 0 saturated heterocycles. The Bertz CT molecular complexity index is 298. The van der Waals surface area contributed by atoms with Crippen molar-refractivity contribution in [2.75, 3.05) is 17.2 Å². The fourth-order valence-corrected chi connectivity index (χ4v) is 0.427. The van der Waals surface area contributed by atoms with Crippen LogP contribution in [0.2, 0.25) is 0 Å². The number of halogens is 4. The summed E-state index contributed by atoms with van der Waals surface area (Å²) in [7, 11) is 0. The average Bonchev–Trinajstić information content (AvgIpc) is 2.01. The van der Waals surface area contributed by atoms with Gasteiger partial charge in [0.05, 0.1) is 0 Å². The van der Waals surface area contributed by atoms with Crippen molar-refractivity contribution in [1.29, 1.82) is 0 Å². The topological polar surface area (TPSA) is 117 Å². The van der Waals surface area contributed by atoms with E-state index in [0.29, 0.717) is 0 Å². The first-order chi connectivity index (χ1) is 6.82. The van der Waals surface area contributed by atoms with Crippen molar-refractivity contribution >= 4 is 17.8 Å². The largest absolute Gasteiger partial charge is 0.368 e. The summed E-state index contributed by atoms with van der Waals surface area (Å²) in [4.78, 5) is 10.5. The van der Waals surface area contributed by atoms with E-state index in [1.165, 1.54) is 0 Å². The molecule has 0 aliphatic carbocycles. The van der Waals surface area contributed by atoms with Crippen molar-refractivity contribution in [3.05, 3.63) is 12.2 Å². The maximum atomic E-state index is 10.3. The summed E-state index contributed by atoms with van der Waals surface area (Å²) in [6.45, 7) is 0. The van der Waals surface area contributed by atoms with Crippen LogP contribution in [0.3, 0.4) is 0 Å². The molecule has 15 heavy (non-hydrogen) atoms. The molecule has 0 aromatic carbocycles. The van der Waals surface area contributed by atoms with Crippen LogP contribution in [0.4, 0.5) is 35.4 Å². The zero-order valence-corrected chi connectivity index (χ0v) is 7.09. The van der Waals surface area contributed by atoms with E-state index in [2.05, 4.69) is 15.0 Å². The van der Waals surface area contributed by atoms with Gasteiger partial charge in [-0.3, -0.25) is 0 Å². The SMILES string of the molecule is FC(F)=C(F)F.Nc1nc(N)nc(N)n1. The number of hydrogen-bond acceptors (Lipinski definition) is 6. The van der Waals surface area contributed by atoms with Gasteiger partial charge < -0.3 is 17.2 Å². The molecule has 6 nitrogen and oxygen atoms in total. The van der Waals surface area contributed by atoms with Gasteiger partial charge in [0, 0.05) is 0 Å². The second-order valence-electron chi connectivity index (χ2n) is 1.93. The van der Waals surface area contributed by atoms with Gasteiger partial charge >= 0.3 is 12.2 Å². The lowest BCUT2D eigenvalue weighted by molar-refractivity contribution is 0.308. The molecule has 0 radical (unpaired) electrons. The molecule has 0 bridgehead atoms. The van der Waals surface area contributed by atoms with Gasteiger partial charge in [-0.25, -0.2) is 0 Å². The van der Waals surface area contributed by atoms with Gasteiger partial charge in [0.2, 0.25) is 17.8 Å². The quantitative estimate of drug-likeness (QED) is 0.558. The van der Waals surface area contributed by atoms with Crippen LogP contribution in [0.5, 0.6) is 0 Å². The van der Waals surface area contributed by atoms with Gasteiger partial charge in [-0.2, -0.15) is 32.5 Å². The minimum atomic E-state index is -2.91. The smallest absolute Gasteiger partial charge is 0.334 e. The Balaban J connectivity index is 0.000000288. The molecule has 10 heteroatoms. The van der Waals surface area contributed by atoms with Gasteiger partial charge in [0.1, 0.15) is 0 Å². The highest BCUT2D eigenvalue weighted by molar-refractivity contribution is 5.33. The summed E-state index contributed by atoms with van der Waals surface area (Å²) in [6.07, 6.45) is -5.81. The van der Waals surface area contributed by atoms with Crippen LogP contribution in [0.25, 0.3) is 0 Å². The zero-order chi connectivity index (χ0) is 12.0. The van der Waals surface area contributed by atoms with E-state index in [9.17, 15) is 17.6 Å². The first-order valence-electron chi connectivity index (χ1n) is 3.21. The predicted octanol–water partition coefficient (Wildman–Crippen LogP) is 0.609. The van der Waals surface area contributed by atoms with Gasteiger partial charge in [0.25, 0.3) is 0 Å². The van der Waals surface area contributed by atoms with Crippen LogP contribution in [-0.4, -0.2) is 15.0 Å². The molecule has 1 heterocycles. The summed E-state index contributed by atoms with van der Waals surface area (Å²) >= 11 is 0. The van der Waals surface area contributed by atoms with Crippen LogP contribution in [0.1, 0.15) is 0 Å². The van der Waals surface area contributed by atoms with Gasteiger partial charge in [0.15, 0.2) is 0 Å². The van der Waals surface area contributed by atoms with Gasteiger partial charge in [-0.05, 0) is 0 Å². The summed E-state index contributed by atoms with van der Waals surface area (Å²) in [5.41, 5.74) is 15.4. The molecule has 0 spiro atoms. The first kappa shape index (κ1) is 12.9. The number of nitrogen functional groups attached to an aromatic ring is 3. The molecule has 0 aliphatic rings. The molecule has 1 rings (SSSR count). The lowest BCUT2D eigenvalue weighted by atomic mass is 10.9. The van der Waals surface area contributed by atoms with Crippen LogP contribution in [-0.2, 0) is 0 Å². The molecule has 0 fully saturated rings. The normalized spacial score (nSPS) is 8.80. The van der Waals surface area contributed by atoms with E-state index in [-0.39, 0.29) is 17.8 Å². The molecule has 1 aromatic heterocycles. The maximum absolute atomic E-state index is 10.3. The third-order valence-corrected chi connectivity index (χ3v) is 0.830. The van der Waals surface area contributed by atoms with E-state index >= 15 is 0 Å². The predicted molar refractivity (Wildman–Crippen MR) is 44.5 cm³/mol. The molecule has 0 unspecified atom stereocenters. The van der Waals surface area contributed by atoms with Crippen molar-refractivity contribution in [2.45, 2.75) is 0 Å². The number of aromatic nitrogens is 3. The Hall–Kier alpha value is -2.13. The van der Waals surface area contributed by atoms with Crippen LogP contribution >= 0.6 is 0 Å². The third-order valence-electron chi connectivity index (χ3n) is 0.830. The fourth-order valence-electron chi connectivity index (χ4n) is 0.427. The number of hydrogen-bond donors (Lipinski definition) is 3. The van der Waals surface area contributed by atoms with E-state index < -0.39 is 12.2 Å². The van der Waals surface area contributed by atoms with E-state index in [4.69, 9.17) is 17.2 Å². The van der Waals surface area contributed by atoms with E-state index in [1.807, 2.05) is 0 Å². The highest BCUT2D eigenvalue weighted by atomic mass is 19.3. The summed E-state index contributed by atoms with van der Waals surface area (Å²) in [5, 5.41) is 0. The van der Waals surface area contributed by atoms with Crippen LogP contribution < -0.4 is 17.2 Å². The minimum Gasteiger partial charge on any atom is -0.368 e. The fraction of sp³-hybridized carbons (Fsp3) is 0. The molecule has 0 aliphatic heterocycles. The van der Waals surface area contributed by atoms with Crippen LogP contribution in [0.15, 0.2) is 12.2 Å². The zero-order valence-electron chi connectivity index (χ0n) is 7.09. The molecule has 0 atom stereocenters. The first-order valence-corrected chi connectivity index (χ1v) is 3.21. The monoisotopic (exact) mass is 226 g/mol. The van der Waals surface area contributed by atoms with Gasteiger partial charge in [-0.15, -0.1) is 0 Å². The Kier molecular flexibility index (Phi) is 4.78. The highest BCUT2D eigenvalue weighted by Gasteiger charge is 1.98. The average molecular weight is 226 g/mol.